The van der Waals surface area contributed by atoms with Gasteiger partial charge in [-0.05, 0) is 36.1 Å². The average Bonchev–Trinajstić information content (AvgIpc) is 4.06. The molecule has 0 fully saturated rings. The van der Waals surface area contributed by atoms with Crippen molar-refractivity contribution in [3.8, 4) is 56.4 Å². The number of fused-ring (bicyclic) bond motifs is 2. The van der Waals surface area contributed by atoms with Gasteiger partial charge in [0.2, 0.25) is 0 Å². The molecular formula is C46H32IrN6O2-2. The molecule has 0 aliphatic carbocycles. The summed E-state index contributed by atoms with van der Waals surface area (Å²) in [6, 6.07) is 47.7. The summed E-state index contributed by atoms with van der Waals surface area (Å²) >= 11 is 0. The fourth-order valence-corrected chi connectivity index (χ4v) is 6.92. The number of hydrogen-bond donors (Lipinski definition) is 0. The van der Waals surface area contributed by atoms with Crippen LogP contribution < -0.4 is 0 Å². The van der Waals surface area contributed by atoms with Gasteiger partial charge in [-0.25, -0.2) is 9.97 Å². The number of aryl methyl sites for hydroxylation is 2. The van der Waals surface area contributed by atoms with Gasteiger partial charge in [-0.1, -0.05) is 97.1 Å². The zero-order valence-corrected chi connectivity index (χ0v) is 32.2. The molecule has 0 aliphatic rings. The molecule has 4 heterocycles. The van der Waals surface area contributed by atoms with Crippen LogP contribution in [0.4, 0.5) is 0 Å². The minimum atomic E-state index is 0. The first-order valence-corrected chi connectivity index (χ1v) is 17.5. The SMILES string of the molecule is Cc1cccc(C)c1-n1ccnc1-c1[c-]cc2ocnc2c1.[Ir].[c-]1cc2ocnc2cc1-c1nccn1-c1c(-c2ccccc2)cccc1-c1ccccc1. The van der Waals surface area contributed by atoms with Crippen LogP contribution in [0.25, 0.3) is 78.6 Å². The Kier molecular flexibility index (Phi) is 9.88. The van der Waals surface area contributed by atoms with Crippen LogP contribution in [0.5, 0.6) is 0 Å². The number of para-hydroxylation sites is 2. The Bertz CT molecular complexity index is 2790. The average molecular weight is 893 g/mol. The second-order valence-corrected chi connectivity index (χ2v) is 12.8. The van der Waals surface area contributed by atoms with Crippen molar-refractivity contribution in [1.82, 2.24) is 29.1 Å². The predicted octanol–water partition coefficient (Wildman–Crippen LogP) is 10.9. The van der Waals surface area contributed by atoms with E-state index in [-0.39, 0.29) is 20.1 Å². The molecular weight excluding hydrogens is 861 g/mol. The van der Waals surface area contributed by atoms with Gasteiger partial charge < -0.3 is 18.0 Å². The summed E-state index contributed by atoms with van der Waals surface area (Å²) in [4.78, 5) is 17.7. The second-order valence-electron chi connectivity index (χ2n) is 12.8. The molecule has 4 aromatic heterocycles. The van der Waals surface area contributed by atoms with Crippen molar-refractivity contribution < 1.29 is 28.9 Å². The molecule has 55 heavy (non-hydrogen) atoms. The summed E-state index contributed by atoms with van der Waals surface area (Å²) in [7, 11) is 0. The number of nitrogens with zero attached hydrogens (tertiary/aromatic N) is 6. The Morgan fingerprint density at radius 1 is 0.509 bits per heavy atom. The number of imidazole rings is 2. The Morgan fingerprint density at radius 2 is 0.964 bits per heavy atom. The summed E-state index contributed by atoms with van der Waals surface area (Å²) in [5, 5.41) is 0. The normalized spacial score (nSPS) is 10.9. The van der Waals surface area contributed by atoms with E-state index in [0.29, 0.717) is 5.58 Å². The largest absolute Gasteiger partial charge is 0.490 e. The molecule has 0 bridgehead atoms. The topological polar surface area (TPSA) is 87.7 Å². The molecule has 0 amide bonds. The third-order valence-electron chi connectivity index (χ3n) is 9.42. The maximum absolute atomic E-state index is 5.39. The van der Waals surface area contributed by atoms with Crippen LogP contribution in [0.2, 0.25) is 0 Å². The first kappa shape index (κ1) is 35.4. The van der Waals surface area contributed by atoms with Crippen molar-refractivity contribution in [2.75, 3.05) is 0 Å². The van der Waals surface area contributed by atoms with Crippen LogP contribution in [0.15, 0.2) is 168 Å². The summed E-state index contributed by atoms with van der Waals surface area (Å²) < 4.78 is 14.9. The number of rotatable bonds is 6. The number of benzene rings is 6. The van der Waals surface area contributed by atoms with E-state index in [2.05, 4.69) is 135 Å². The Balaban J connectivity index is 0.000000163. The number of hydrogen-bond acceptors (Lipinski definition) is 6. The molecule has 0 spiro atoms. The van der Waals surface area contributed by atoms with E-state index >= 15 is 0 Å². The molecule has 9 heteroatoms. The van der Waals surface area contributed by atoms with Crippen LogP contribution in [0.3, 0.4) is 0 Å². The summed E-state index contributed by atoms with van der Waals surface area (Å²) in [5.41, 5.74) is 14.0. The van der Waals surface area contributed by atoms with Gasteiger partial charge >= 0.3 is 0 Å². The minimum absolute atomic E-state index is 0. The molecule has 0 saturated carbocycles. The molecule has 1 radical (unpaired) electrons. The molecule has 0 unspecified atom stereocenters. The summed E-state index contributed by atoms with van der Waals surface area (Å²) in [6.45, 7) is 4.22. The van der Waals surface area contributed by atoms with Crippen molar-refractivity contribution in [3.63, 3.8) is 0 Å². The maximum Gasteiger partial charge on any atom is 0.169 e. The molecule has 8 nitrogen and oxygen atoms in total. The van der Waals surface area contributed by atoms with Crippen molar-refractivity contribution in [2.45, 2.75) is 13.8 Å². The second kappa shape index (κ2) is 15.4. The van der Waals surface area contributed by atoms with E-state index in [1.165, 1.54) is 23.9 Å². The first-order valence-electron chi connectivity index (χ1n) is 17.5. The molecule has 0 N–H and O–H groups in total. The van der Waals surface area contributed by atoms with Crippen molar-refractivity contribution in [3.05, 3.63) is 182 Å². The van der Waals surface area contributed by atoms with Crippen LogP contribution in [-0.2, 0) is 20.1 Å². The standard InChI is InChI=1S/C28H18N3O.C18H14N3O.Ir/c1-3-8-20(9-4-1)23-12-7-13-24(21-10-5-2-6-11-21)27(23)31-17-16-29-28(31)22-14-15-26-25(18-22)30-19-32-26;1-12-4-3-5-13(2)17(12)21-9-8-19-18(21)14-6-7-16-15(10-14)20-11-22-16;/h1-13,15-19H;3-5,7-11H,1-2H3;/q2*-1;. The van der Waals surface area contributed by atoms with E-state index in [9.17, 15) is 0 Å². The molecule has 10 aromatic rings. The first-order chi connectivity index (χ1) is 26.6. The van der Waals surface area contributed by atoms with Gasteiger partial charge in [0.1, 0.15) is 0 Å². The van der Waals surface area contributed by atoms with Crippen LogP contribution in [-0.4, -0.2) is 29.1 Å². The Hall–Kier alpha value is -6.67. The zero-order valence-electron chi connectivity index (χ0n) is 29.8. The summed E-state index contributed by atoms with van der Waals surface area (Å²) in [5.74, 6) is 1.65. The van der Waals surface area contributed by atoms with E-state index in [1.807, 2.05) is 55.1 Å². The van der Waals surface area contributed by atoms with Crippen LogP contribution in [0.1, 0.15) is 11.1 Å². The fourth-order valence-electron chi connectivity index (χ4n) is 6.92. The number of aromatic nitrogens is 6. The van der Waals surface area contributed by atoms with Gasteiger partial charge in [0.15, 0.2) is 12.8 Å². The quantitative estimate of drug-likeness (QED) is 0.155. The van der Waals surface area contributed by atoms with Crippen molar-refractivity contribution in [2.24, 2.45) is 0 Å². The summed E-state index contributed by atoms with van der Waals surface area (Å²) in [6.07, 6.45) is 10.5. The maximum atomic E-state index is 5.39. The van der Waals surface area contributed by atoms with Gasteiger partial charge in [-0.2, -0.15) is 0 Å². The van der Waals surface area contributed by atoms with Crippen LogP contribution >= 0.6 is 0 Å². The smallest absolute Gasteiger partial charge is 0.169 e. The van der Waals surface area contributed by atoms with Gasteiger partial charge in [-0.15, -0.1) is 47.5 Å². The molecule has 0 aliphatic heterocycles. The molecule has 6 aromatic carbocycles. The Labute approximate surface area is 331 Å². The van der Waals surface area contributed by atoms with Gasteiger partial charge in [0, 0.05) is 72.7 Å². The van der Waals surface area contributed by atoms with Crippen LogP contribution in [0, 0.1) is 26.0 Å². The van der Waals surface area contributed by atoms with Crippen molar-refractivity contribution in [1.29, 1.82) is 0 Å². The van der Waals surface area contributed by atoms with Crippen molar-refractivity contribution >= 4 is 22.2 Å². The van der Waals surface area contributed by atoms with E-state index in [0.717, 1.165) is 73.0 Å². The molecule has 0 saturated heterocycles. The van der Waals surface area contributed by atoms with Gasteiger partial charge in [0.05, 0.1) is 28.5 Å². The van der Waals surface area contributed by atoms with E-state index in [4.69, 9.17) is 13.8 Å². The number of oxazole rings is 2. The van der Waals surface area contributed by atoms with E-state index in [1.54, 1.807) is 6.07 Å². The third kappa shape index (κ3) is 6.83. The van der Waals surface area contributed by atoms with E-state index < -0.39 is 0 Å². The minimum Gasteiger partial charge on any atom is -0.490 e. The molecule has 10 rings (SSSR count). The predicted molar refractivity (Wildman–Crippen MR) is 211 cm³/mol. The zero-order chi connectivity index (χ0) is 36.4. The molecule has 0 atom stereocenters. The third-order valence-corrected chi connectivity index (χ3v) is 9.42. The fraction of sp³-hybridized carbons (Fsp3) is 0.0435. The van der Waals surface area contributed by atoms with Gasteiger partial charge in [0.25, 0.3) is 0 Å². The molecule has 269 valence electrons. The monoisotopic (exact) mass is 893 g/mol. The van der Waals surface area contributed by atoms with Gasteiger partial charge in [-0.3, -0.25) is 9.97 Å². The Morgan fingerprint density at radius 3 is 1.45 bits per heavy atom.